The Morgan fingerprint density at radius 2 is 2.12 bits per heavy atom. The summed E-state index contributed by atoms with van der Waals surface area (Å²) >= 11 is 0. The average Bonchev–Trinajstić information content (AvgIpc) is 2.28. The third-order valence-electron chi connectivity index (χ3n) is 2.66. The lowest BCUT2D eigenvalue weighted by molar-refractivity contribution is 0.302. The molecule has 0 bridgehead atoms. The predicted molar refractivity (Wildman–Crippen MR) is 72.4 cm³/mol. The van der Waals surface area contributed by atoms with Crippen LogP contribution in [-0.2, 0) is 5.41 Å². The number of hydrogen-bond acceptors (Lipinski definition) is 3. The van der Waals surface area contributed by atoms with Gasteiger partial charge in [0, 0.05) is 19.3 Å². The second-order valence-electron chi connectivity index (χ2n) is 5.11. The minimum atomic E-state index is 0.117. The van der Waals surface area contributed by atoms with Crippen LogP contribution in [0.4, 0.5) is 5.82 Å². The number of hydrogen-bond donors (Lipinski definition) is 1. The molecule has 0 amide bonds. The van der Waals surface area contributed by atoms with Gasteiger partial charge < -0.3 is 10.0 Å². The number of nitrogens with zero attached hydrogens (tertiary/aromatic N) is 2. The molecule has 0 saturated carbocycles. The van der Waals surface area contributed by atoms with Gasteiger partial charge >= 0.3 is 0 Å². The number of aliphatic hydroxyl groups is 1. The molecule has 94 valence electrons. The third kappa shape index (κ3) is 3.86. The quantitative estimate of drug-likeness (QED) is 0.795. The topological polar surface area (TPSA) is 36.4 Å². The summed E-state index contributed by atoms with van der Waals surface area (Å²) in [6.45, 7) is 11.6. The van der Waals surface area contributed by atoms with Crippen LogP contribution in [0, 0.1) is 0 Å². The summed E-state index contributed by atoms with van der Waals surface area (Å²) in [5.74, 6) is 0.881. The van der Waals surface area contributed by atoms with Crippen LogP contribution in [-0.4, -0.2) is 29.8 Å². The van der Waals surface area contributed by atoms with E-state index in [1.807, 2.05) is 23.2 Å². The Kier molecular flexibility index (Phi) is 4.70. The molecule has 1 heterocycles. The smallest absolute Gasteiger partial charge is 0.128 e. The Morgan fingerprint density at radius 1 is 1.41 bits per heavy atom. The van der Waals surface area contributed by atoms with Gasteiger partial charge in [-0.25, -0.2) is 4.98 Å². The highest BCUT2D eigenvalue weighted by Crippen LogP contribution is 2.22. The molecule has 3 heteroatoms. The first-order valence-electron chi connectivity index (χ1n) is 5.92. The lowest BCUT2D eigenvalue weighted by Gasteiger charge is -2.23. The zero-order chi connectivity index (χ0) is 12.9. The molecule has 0 atom stereocenters. The normalized spacial score (nSPS) is 11.3. The van der Waals surface area contributed by atoms with Gasteiger partial charge in [0.15, 0.2) is 0 Å². The van der Waals surface area contributed by atoms with Crippen LogP contribution in [0.25, 0.3) is 0 Å². The molecule has 1 N–H and O–H groups in total. The number of pyridine rings is 1. The molecular weight excluding hydrogens is 212 g/mol. The van der Waals surface area contributed by atoms with Crippen molar-refractivity contribution >= 4 is 5.82 Å². The molecule has 0 aromatic carbocycles. The van der Waals surface area contributed by atoms with Crippen molar-refractivity contribution in [2.75, 3.05) is 24.6 Å². The zero-order valence-electron chi connectivity index (χ0n) is 11.0. The highest BCUT2D eigenvalue weighted by molar-refractivity contribution is 5.41. The summed E-state index contributed by atoms with van der Waals surface area (Å²) in [5, 5.41) is 9.00. The first kappa shape index (κ1) is 13.7. The van der Waals surface area contributed by atoms with E-state index < -0.39 is 0 Å². The van der Waals surface area contributed by atoms with Crippen LogP contribution in [0.5, 0.6) is 0 Å². The van der Waals surface area contributed by atoms with Crippen LogP contribution < -0.4 is 4.90 Å². The van der Waals surface area contributed by atoms with Crippen molar-refractivity contribution in [3.63, 3.8) is 0 Å². The highest BCUT2D eigenvalue weighted by atomic mass is 16.3. The van der Waals surface area contributed by atoms with E-state index in [0.29, 0.717) is 13.1 Å². The maximum Gasteiger partial charge on any atom is 0.128 e. The van der Waals surface area contributed by atoms with E-state index in [-0.39, 0.29) is 12.0 Å². The van der Waals surface area contributed by atoms with Gasteiger partial charge in [-0.15, -0.1) is 6.58 Å². The molecule has 1 aromatic rings. The van der Waals surface area contributed by atoms with Crippen molar-refractivity contribution in [3.05, 3.63) is 36.5 Å². The molecule has 17 heavy (non-hydrogen) atoms. The van der Waals surface area contributed by atoms with Crippen LogP contribution in [0.15, 0.2) is 31.0 Å². The molecular formula is C14H22N2O. The van der Waals surface area contributed by atoms with Gasteiger partial charge in [-0.3, -0.25) is 0 Å². The van der Waals surface area contributed by atoms with Crippen molar-refractivity contribution < 1.29 is 5.11 Å². The average molecular weight is 234 g/mol. The van der Waals surface area contributed by atoms with Crippen LogP contribution >= 0.6 is 0 Å². The van der Waals surface area contributed by atoms with Crippen molar-refractivity contribution in [1.82, 2.24) is 4.98 Å². The molecule has 1 aromatic heterocycles. The fourth-order valence-corrected chi connectivity index (χ4v) is 1.59. The molecule has 0 fully saturated rings. The lowest BCUT2D eigenvalue weighted by Crippen LogP contribution is -2.27. The maximum atomic E-state index is 9.00. The zero-order valence-corrected chi connectivity index (χ0v) is 11.0. The molecule has 0 radical (unpaired) electrons. The van der Waals surface area contributed by atoms with E-state index in [0.717, 1.165) is 5.82 Å². The van der Waals surface area contributed by atoms with E-state index in [4.69, 9.17) is 5.11 Å². The fourth-order valence-electron chi connectivity index (χ4n) is 1.59. The Hall–Kier alpha value is -1.35. The van der Waals surface area contributed by atoms with Gasteiger partial charge in [0.2, 0.25) is 0 Å². The van der Waals surface area contributed by atoms with Crippen LogP contribution in [0.2, 0.25) is 0 Å². The fraction of sp³-hybridized carbons (Fsp3) is 0.500. The van der Waals surface area contributed by atoms with E-state index in [2.05, 4.69) is 38.4 Å². The maximum absolute atomic E-state index is 9.00. The Balaban J connectivity index is 2.87. The summed E-state index contributed by atoms with van der Waals surface area (Å²) < 4.78 is 0. The Bertz CT molecular complexity index is 351. The standard InChI is InChI=1S/C14H22N2O/c1-5-8-16(9-10-17)13-7-6-12(11-15-13)14(2,3)4/h5-7,11,17H,1,8-10H2,2-4H3. The highest BCUT2D eigenvalue weighted by Gasteiger charge is 2.14. The van der Waals surface area contributed by atoms with Crippen molar-refractivity contribution in [1.29, 1.82) is 0 Å². The van der Waals surface area contributed by atoms with Crippen LogP contribution in [0.3, 0.4) is 0 Å². The Labute approximate surface area is 104 Å². The van der Waals surface area contributed by atoms with Gasteiger partial charge in [-0.05, 0) is 17.0 Å². The van der Waals surface area contributed by atoms with Gasteiger partial charge in [0.25, 0.3) is 0 Å². The number of anilines is 1. The summed E-state index contributed by atoms with van der Waals surface area (Å²) in [6, 6.07) is 4.09. The molecule has 0 spiro atoms. The van der Waals surface area contributed by atoms with Gasteiger partial charge in [-0.2, -0.15) is 0 Å². The molecule has 0 saturated heterocycles. The molecule has 3 nitrogen and oxygen atoms in total. The molecule has 0 aliphatic rings. The minimum absolute atomic E-state index is 0.117. The van der Waals surface area contributed by atoms with Gasteiger partial charge in [0.05, 0.1) is 6.61 Å². The predicted octanol–water partition coefficient (Wildman–Crippen LogP) is 2.36. The monoisotopic (exact) mass is 234 g/mol. The molecule has 0 aliphatic heterocycles. The minimum Gasteiger partial charge on any atom is -0.395 e. The first-order valence-corrected chi connectivity index (χ1v) is 5.92. The summed E-state index contributed by atoms with van der Waals surface area (Å²) in [5.41, 5.74) is 1.33. The third-order valence-corrected chi connectivity index (χ3v) is 2.66. The Morgan fingerprint density at radius 3 is 2.53 bits per heavy atom. The number of aliphatic hydroxyl groups excluding tert-OH is 1. The largest absolute Gasteiger partial charge is 0.395 e. The molecule has 1 rings (SSSR count). The summed E-state index contributed by atoms with van der Waals surface area (Å²) in [4.78, 5) is 6.45. The van der Waals surface area contributed by atoms with E-state index in [9.17, 15) is 0 Å². The number of aromatic nitrogens is 1. The van der Waals surface area contributed by atoms with E-state index >= 15 is 0 Å². The first-order chi connectivity index (χ1) is 7.99. The summed E-state index contributed by atoms with van der Waals surface area (Å²) in [7, 11) is 0. The van der Waals surface area contributed by atoms with E-state index in [1.54, 1.807) is 0 Å². The van der Waals surface area contributed by atoms with Crippen LogP contribution in [0.1, 0.15) is 26.3 Å². The molecule has 0 aliphatic carbocycles. The number of rotatable bonds is 5. The lowest BCUT2D eigenvalue weighted by atomic mass is 9.88. The molecule has 0 unspecified atom stereocenters. The van der Waals surface area contributed by atoms with Crippen molar-refractivity contribution in [3.8, 4) is 0 Å². The van der Waals surface area contributed by atoms with Gasteiger partial charge in [0.1, 0.15) is 5.82 Å². The second-order valence-corrected chi connectivity index (χ2v) is 5.11. The van der Waals surface area contributed by atoms with E-state index in [1.165, 1.54) is 5.56 Å². The second kappa shape index (κ2) is 5.82. The SMILES string of the molecule is C=CCN(CCO)c1ccc(C(C)(C)C)cn1. The summed E-state index contributed by atoms with van der Waals surface area (Å²) in [6.07, 6.45) is 3.72. The van der Waals surface area contributed by atoms with Gasteiger partial charge in [-0.1, -0.05) is 32.9 Å². The van der Waals surface area contributed by atoms with Crippen molar-refractivity contribution in [2.24, 2.45) is 0 Å². The van der Waals surface area contributed by atoms with Crippen molar-refractivity contribution in [2.45, 2.75) is 26.2 Å².